The van der Waals surface area contributed by atoms with Gasteiger partial charge in [0.25, 0.3) is 0 Å². The van der Waals surface area contributed by atoms with Gasteiger partial charge in [-0.1, -0.05) is 48.0 Å². The SMILES string of the molecule is Cc1ccc(S(=O)(=O)N[C@H](Cc2ccccc2)C(=O)N2CCC[C@H]2C(=O)O)cc1. The van der Waals surface area contributed by atoms with Crippen molar-refractivity contribution in [3.05, 3.63) is 65.7 Å². The average Bonchev–Trinajstić information content (AvgIpc) is 3.18. The van der Waals surface area contributed by atoms with Gasteiger partial charge in [-0.2, -0.15) is 4.72 Å². The van der Waals surface area contributed by atoms with Crippen LogP contribution in [-0.4, -0.2) is 48.9 Å². The zero-order valence-electron chi connectivity index (χ0n) is 16.1. The molecular formula is C21H24N2O5S. The van der Waals surface area contributed by atoms with Gasteiger partial charge in [0.1, 0.15) is 12.1 Å². The summed E-state index contributed by atoms with van der Waals surface area (Å²) >= 11 is 0. The average molecular weight is 416 g/mol. The topological polar surface area (TPSA) is 104 Å². The number of carboxylic acid groups (broad SMARTS) is 1. The first kappa shape index (κ1) is 21.0. The van der Waals surface area contributed by atoms with E-state index in [0.717, 1.165) is 11.1 Å². The maximum Gasteiger partial charge on any atom is 0.326 e. The van der Waals surface area contributed by atoms with Gasteiger partial charge in [0.2, 0.25) is 15.9 Å². The first-order valence-corrected chi connectivity index (χ1v) is 10.9. The lowest BCUT2D eigenvalue weighted by atomic mass is 10.1. The fourth-order valence-electron chi connectivity index (χ4n) is 3.49. The first-order valence-electron chi connectivity index (χ1n) is 9.44. The number of nitrogens with one attached hydrogen (secondary N) is 1. The molecule has 29 heavy (non-hydrogen) atoms. The Morgan fingerprint density at radius 1 is 1.14 bits per heavy atom. The van der Waals surface area contributed by atoms with Crippen molar-refractivity contribution >= 4 is 21.9 Å². The fraction of sp³-hybridized carbons (Fsp3) is 0.333. The standard InChI is InChI=1S/C21H24N2O5S/c1-15-9-11-17(12-10-15)29(27,28)22-18(14-16-6-3-2-4-7-16)20(24)23-13-5-8-19(23)21(25)26/h2-4,6-7,9-12,18-19,22H,5,8,13-14H2,1H3,(H,25,26)/t18-,19+/m1/s1. The first-order chi connectivity index (χ1) is 13.8. The summed E-state index contributed by atoms with van der Waals surface area (Å²) < 4.78 is 28.3. The lowest BCUT2D eigenvalue weighted by Gasteiger charge is -2.27. The second-order valence-corrected chi connectivity index (χ2v) is 8.92. The summed E-state index contributed by atoms with van der Waals surface area (Å²) in [4.78, 5) is 26.0. The van der Waals surface area contributed by atoms with Crippen molar-refractivity contribution in [2.75, 3.05) is 6.54 Å². The maximum atomic E-state index is 13.2. The third kappa shape index (κ3) is 5.02. The van der Waals surface area contributed by atoms with Gasteiger partial charge >= 0.3 is 5.97 Å². The van der Waals surface area contributed by atoms with Crippen LogP contribution in [0.2, 0.25) is 0 Å². The van der Waals surface area contributed by atoms with Crippen molar-refractivity contribution in [2.45, 2.75) is 43.2 Å². The summed E-state index contributed by atoms with van der Waals surface area (Å²) in [7, 11) is -3.95. The van der Waals surface area contributed by atoms with Crippen LogP contribution in [0.5, 0.6) is 0 Å². The summed E-state index contributed by atoms with van der Waals surface area (Å²) in [6.07, 6.45) is 1.07. The Labute approximate surface area is 170 Å². The van der Waals surface area contributed by atoms with Gasteiger partial charge in [-0.15, -0.1) is 0 Å². The van der Waals surface area contributed by atoms with Gasteiger partial charge in [-0.05, 0) is 43.9 Å². The molecule has 0 aromatic heterocycles. The van der Waals surface area contributed by atoms with Gasteiger partial charge < -0.3 is 10.0 Å². The lowest BCUT2D eigenvalue weighted by molar-refractivity contribution is -0.148. The van der Waals surface area contributed by atoms with Crippen LogP contribution in [0, 0.1) is 6.92 Å². The van der Waals surface area contributed by atoms with Gasteiger partial charge in [0.15, 0.2) is 0 Å². The van der Waals surface area contributed by atoms with Crippen LogP contribution < -0.4 is 4.72 Å². The van der Waals surface area contributed by atoms with Crippen LogP contribution in [0.1, 0.15) is 24.0 Å². The molecule has 1 aliphatic rings. The highest BCUT2D eigenvalue weighted by molar-refractivity contribution is 7.89. The molecule has 2 atom stereocenters. The number of carboxylic acids is 1. The predicted molar refractivity (Wildman–Crippen MR) is 108 cm³/mol. The Morgan fingerprint density at radius 2 is 1.79 bits per heavy atom. The van der Waals surface area contributed by atoms with Crippen LogP contribution in [0.25, 0.3) is 0 Å². The van der Waals surface area contributed by atoms with Crippen molar-refractivity contribution in [3.8, 4) is 0 Å². The predicted octanol–water partition coefficient (Wildman–Crippen LogP) is 1.96. The van der Waals surface area contributed by atoms with E-state index in [0.29, 0.717) is 19.4 Å². The molecule has 1 heterocycles. The maximum absolute atomic E-state index is 13.2. The van der Waals surface area contributed by atoms with E-state index in [1.54, 1.807) is 36.4 Å². The molecule has 2 N–H and O–H groups in total. The third-order valence-electron chi connectivity index (χ3n) is 5.03. The molecule has 0 unspecified atom stereocenters. The molecule has 1 fully saturated rings. The Balaban J connectivity index is 1.89. The molecule has 1 amide bonds. The van der Waals surface area contributed by atoms with E-state index in [2.05, 4.69) is 4.72 Å². The van der Waals surface area contributed by atoms with E-state index >= 15 is 0 Å². The number of amides is 1. The summed E-state index contributed by atoms with van der Waals surface area (Å²) in [6, 6.07) is 13.4. The number of sulfonamides is 1. The Kier molecular flexibility index (Phi) is 6.34. The quantitative estimate of drug-likeness (QED) is 0.718. The molecule has 0 spiro atoms. The van der Waals surface area contributed by atoms with Crippen molar-refractivity contribution in [1.82, 2.24) is 9.62 Å². The van der Waals surface area contributed by atoms with Crippen molar-refractivity contribution in [2.24, 2.45) is 0 Å². The molecule has 1 aliphatic heterocycles. The normalized spacial score (nSPS) is 17.8. The highest BCUT2D eigenvalue weighted by Gasteiger charge is 2.38. The zero-order chi connectivity index (χ0) is 21.0. The van der Waals surface area contributed by atoms with Crippen molar-refractivity contribution in [1.29, 1.82) is 0 Å². The van der Waals surface area contributed by atoms with E-state index in [1.807, 2.05) is 13.0 Å². The molecule has 2 aromatic carbocycles. The molecular weight excluding hydrogens is 392 g/mol. The van der Waals surface area contributed by atoms with E-state index in [-0.39, 0.29) is 11.3 Å². The molecule has 0 bridgehead atoms. The fourth-order valence-corrected chi connectivity index (χ4v) is 4.68. The van der Waals surface area contributed by atoms with Crippen LogP contribution in [0.4, 0.5) is 0 Å². The van der Waals surface area contributed by atoms with Crippen LogP contribution in [-0.2, 0) is 26.0 Å². The van der Waals surface area contributed by atoms with Crippen molar-refractivity contribution < 1.29 is 23.1 Å². The molecule has 154 valence electrons. The summed E-state index contributed by atoms with van der Waals surface area (Å²) in [5.41, 5.74) is 1.70. The zero-order valence-corrected chi connectivity index (χ0v) is 16.9. The smallest absolute Gasteiger partial charge is 0.326 e. The molecule has 0 radical (unpaired) electrons. The van der Waals surface area contributed by atoms with E-state index < -0.39 is 34.0 Å². The molecule has 0 saturated carbocycles. The highest BCUT2D eigenvalue weighted by Crippen LogP contribution is 2.21. The van der Waals surface area contributed by atoms with Gasteiger partial charge in [-0.3, -0.25) is 4.79 Å². The van der Waals surface area contributed by atoms with Gasteiger partial charge in [0, 0.05) is 6.54 Å². The summed E-state index contributed by atoms with van der Waals surface area (Å²) in [5.74, 6) is -1.59. The number of hydrogen-bond acceptors (Lipinski definition) is 4. The highest BCUT2D eigenvalue weighted by atomic mass is 32.2. The lowest BCUT2D eigenvalue weighted by Crippen LogP contribution is -2.52. The van der Waals surface area contributed by atoms with Crippen LogP contribution >= 0.6 is 0 Å². The second-order valence-electron chi connectivity index (χ2n) is 7.20. The Bertz CT molecular complexity index is 974. The summed E-state index contributed by atoms with van der Waals surface area (Å²) in [5, 5.41) is 9.41. The number of carbonyl (C=O) groups excluding carboxylic acids is 1. The van der Waals surface area contributed by atoms with E-state index in [1.165, 1.54) is 17.0 Å². The van der Waals surface area contributed by atoms with Gasteiger partial charge in [0.05, 0.1) is 4.90 Å². The third-order valence-corrected chi connectivity index (χ3v) is 6.52. The number of likely N-dealkylation sites (tertiary alicyclic amines) is 1. The Hall–Kier alpha value is -2.71. The van der Waals surface area contributed by atoms with Crippen molar-refractivity contribution in [3.63, 3.8) is 0 Å². The number of hydrogen-bond donors (Lipinski definition) is 2. The minimum atomic E-state index is -3.95. The number of rotatable bonds is 7. The van der Waals surface area contributed by atoms with Crippen LogP contribution in [0.15, 0.2) is 59.5 Å². The molecule has 2 aromatic rings. The minimum Gasteiger partial charge on any atom is -0.480 e. The molecule has 7 nitrogen and oxygen atoms in total. The number of benzene rings is 2. The molecule has 0 aliphatic carbocycles. The minimum absolute atomic E-state index is 0.0603. The number of carbonyl (C=O) groups is 2. The number of nitrogens with zero attached hydrogens (tertiary/aromatic N) is 1. The molecule has 8 heteroatoms. The summed E-state index contributed by atoms with van der Waals surface area (Å²) in [6.45, 7) is 2.15. The van der Waals surface area contributed by atoms with E-state index in [9.17, 15) is 23.1 Å². The molecule has 1 saturated heterocycles. The van der Waals surface area contributed by atoms with E-state index in [4.69, 9.17) is 0 Å². The second kappa shape index (κ2) is 8.75. The van der Waals surface area contributed by atoms with Crippen LogP contribution in [0.3, 0.4) is 0 Å². The molecule has 3 rings (SSSR count). The van der Waals surface area contributed by atoms with Gasteiger partial charge in [-0.25, -0.2) is 13.2 Å². The Morgan fingerprint density at radius 3 is 2.41 bits per heavy atom. The number of aliphatic carboxylic acids is 1. The monoisotopic (exact) mass is 416 g/mol. The number of aryl methyl sites for hydroxylation is 1. The largest absolute Gasteiger partial charge is 0.480 e.